The summed E-state index contributed by atoms with van der Waals surface area (Å²) in [6.45, 7) is 0.508. The summed E-state index contributed by atoms with van der Waals surface area (Å²) in [5.74, 6) is -2.40. The van der Waals surface area contributed by atoms with Gasteiger partial charge in [0.1, 0.15) is 6.04 Å². The van der Waals surface area contributed by atoms with Gasteiger partial charge < -0.3 is 31.1 Å². The predicted octanol–water partition coefficient (Wildman–Crippen LogP) is -0.187. The second-order valence-corrected chi connectivity index (χ2v) is 5.80. The number of aromatic nitrogens is 1. The first-order valence-electron chi connectivity index (χ1n) is 8.90. The quantitative estimate of drug-likeness (QED) is 0.187. The Bertz CT molecular complexity index is 727. The van der Waals surface area contributed by atoms with Gasteiger partial charge in [-0.25, -0.2) is 9.59 Å². The van der Waals surface area contributed by atoms with Gasteiger partial charge >= 0.3 is 24.1 Å². The van der Waals surface area contributed by atoms with Gasteiger partial charge in [-0.2, -0.15) is 21.7 Å². The van der Waals surface area contributed by atoms with Crippen LogP contribution in [0.5, 0.6) is 0 Å². The van der Waals surface area contributed by atoms with Crippen molar-refractivity contribution in [3.63, 3.8) is 0 Å². The maximum absolute atomic E-state index is 11.8. The largest absolute Gasteiger partial charge is 0.481 e. The topological polar surface area (TPSA) is 192 Å². The van der Waals surface area contributed by atoms with E-state index in [1.54, 1.807) is 6.07 Å². The van der Waals surface area contributed by atoms with Crippen LogP contribution >= 0.6 is 0 Å². The van der Waals surface area contributed by atoms with E-state index in [0.717, 1.165) is 0 Å². The molecule has 1 atom stereocenters. The molecule has 0 fully saturated rings. The maximum atomic E-state index is 11.8. The van der Waals surface area contributed by atoms with Crippen LogP contribution in [-0.4, -0.2) is 64.4 Å². The molecule has 12 nitrogen and oxygen atoms in total. The van der Waals surface area contributed by atoms with Crippen LogP contribution in [-0.2, 0) is 51.9 Å². The molecule has 1 aromatic heterocycles. The van der Waals surface area contributed by atoms with Gasteiger partial charge in [0.15, 0.2) is 0 Å². The number of hydrogen-bond donors (Lipinski definition) is 5. The normalized spacial score (nSPS) is 10.1. The number of carbonyl (C=O) groups is 4. The molecule has 0 aromatic carbocycles. The van der Waals surface area contributed by atoms with E-state index in [1.165, 1.54) is 12.3 Å². The Kier molecular flexibility index (Phi) is 19.0. The number of carboxylic acid groups (broad SMARTS) is 2. The van der Waals surface area contributed by atoms with Crippen LogP contribution in [0.3, 0.4) is 0 Å². The molecule has 1 radical (unpaired) electrons. The third-order valence-electron chi connectivity index (χ3n) is 3.54. The van der Waals surface area contributed by atoms with E-state index in [2.05, 4.69) is 27.1 Å². The summed E-state index contributed by atoms with van der Waals surface area (Å²) in [7, 11) is 0. The summed E-state index contributed by atoms with van der Waals surface area (Å²) in [4.78, 5) is 65.0. The zero-order valence-electron chi connectivity index (χ0n) is 16.6. The van der Waals surface area contributed by atoms with Gasteiger partial charge in [-0.3, -0.25) is 9.59 Å². The van der Waals surface area contributed by atoms with Gasteiger partial charge in [0, 0.05) is 52.2 Å². The fraction of sp³-hybridized carbons (Fsp3) is 0.444. The Labute approximate surface area is 203 Å². The van der Waals surface area contributed by atoms with Crippen molar-refractivity contribution in [1.82, 2.24) is 20.9 Å². The van der Waals surface area contributed by atoms with Crippen LogP contribution in [0.4, 0.5) is 4.79 Å². The van der Waals surface area contributed by atoms with Crippen LogP contribution in [0.1, 0.15) is 42.5 Å². The molecular weight excluding hydrogens is 489 g/mol. The molecular formula is C18H23N4O8Y-. The van der Waals surface area contributed by atoms with Gasteiger partial charge in [-0.05, 0) is 25.7 Å². The number of urea groups is 1. The molecule has 167 valence electrons. The van der Waals surface area contributed by atoms with Crippen LogP contribution in [0.15, 0.2) is 18.3 Å². The zero-order valence-corrected chi connectivity index (χ0v) is 19.5. The number of nitrogens with one attached hydrogen (secondary N) is 3. The summed E-state index contributed by atoms with van der Waals surface area (Å²) in [6, 6.07) is 1.40. The van der Waals surface area contributed by atoms with Crippen molar-refractivity contribution in [2.75, 3.05) is 13.1 Å². The van der Waals surface area contributed by atoms with Gasteiger partial charge in [-0.1, -0.05) is 18.0 Å². The molecule has 1 rings (SSSR count). The van der Waals surface area contributed by atoms with Crippen LogP contribution in [0, 0.1) is 6.20 Å². The molecule has 0 spiro atoms. The Morgan fingerprint density at radius 2 is 1.71 bits per heavy atom. The Balaban J connectivity index is 0. The summed E-state index contributed by atoms with van der Waals surface area (Å²) < 4.78 is 0. The molecule has 13 heteroatoms. The molecule has 0 aliphatic heterocycles. The number of nitrogens with zero attached hydrogens (tertiary/aromatic N) is 1. The Morgan fingerprint density at radius 1 is 1.06 bits per heavy atom. The first-order valence-corrected chi connectivity index (χ1v) is 8.90. The summed E-state index contributed by atoms with van der Waals surface area (Å²) >= 11 is 0. The molecule has 0 saturated heterocycles. The molecule has 5 N–H and O–H groups in total. The standard InChI is InChI=1S/C17H23N4O6.CO2.Y/c22-14(23)7-4-10-20-17(27)21-13(16(25)26)6-1-2-9-19-15(24)12-5-3-8-18-11-12;2-1-3;/h3,5,11,13H,1-2,4,6-7,9-10H2,(H,19,24)(H,22,23)(H,25,26)(H2,20,21,27);;/q-1;;/t13-;;/m0../s1. The van der Waals surface area contributed by atoms with Crippen LogP contribution in [0.2, 0.25) is 0 Å². The molecule has 1 aromatic rings. The number of pyridine rings is 1. The zero-order chi connectivity index (χ0) is 22.8. The minimum atomic E-state index is -1.16. The number of carbonyl (C=O) groups excluding carboxylic acids is 4. The summed E-state index contributed by atoms with van der Waals surface area (Å²) in [6.07, 6.45) is 5.63. The van der Waals surface area contributed by atoms with Crippen LogP contribution in [0.25, 0.3) is 0 Å². The smallest absolute Gasteiger partial charge is 0.373 e. The van der Waals surface area contributed by atoms with E-state index < -0.39 is 24.0 Å². The molecule has 0 aliphatic carbocycles. The van der Waals surface area contributed by atoms with E-state index >= 15 is 0 Å². The molecule has 0 bridgehead atoms. The minimum absolute atomic E-state index is 0. The van der Waals surface area contributed by atoms with Gasteiger partial charge in [0.05, 0.1) is 0 Å². The van der Waals surface area contributed by atoms with Crippen molar-refractivity contribution in [3.8, 4) is 0 Å². The van der Waals surface area contributed by atoms with Crippen molar-refractivity contribution in [2.45, 2.75) is 38.1 Å². The number of amides is 3. The number of aliphatic carboxylic acids is 2. The van der Waals surface area contributed by atoms with Crippen molar-refractivity contribution in [1.29, 1.82) is 0 Å². The third-order valence-corrected chi connectivity index (χ3v) is 3.54. The first kappa shape index (κ1) is 30.5. The third kappa shape index (κ3) is 16.8. The number of hydrogen-bond acceptors (Lipinski definition) is 7. The first-order chi connectivity index (χ1) is 14.3. The van der Waals surface area contributed by atoms with Gasteiger partial charge in [0.2, 0.25) is 5.91 Å². The van der Waals surface area contributed by atoms with E-state index in [-0.39, 0.29) is 70.6 Å². The Hall–Kier alpha value is -2.69. The van der Waals surface area contributed by atoms with Crippen molar-refractivity contribution < 1.29 is 71.7 Å². The minimum Gasteiger partial charge on any atom is -0.481 e. The molecule has 0 aliphatic rings. The molecule has 31 heavy (non-hydrogen) atoms. The number of rotatable bonds is 12. The second kappa shape index (κ2) is 19.3. The van der Waals surface area contributed by atoms with Gasteiger partial charge in [-0.15, -0.1) is 0 Å². The van der Waals surface area contributed by atoms with E-state index in [4.69, 9.17) is 19.8 Å². The number of unbranched alkanes of at least 4 members (excludes halogenated alkanes) is 1. The van der Waals surface area contributed by atoms with Crippen molar-refractivity contribution in [2.24, 2.45) is 0 Å². The SMILES string of the molecule is O=C(O)CCCNC(=O)N[C@@H](CCCCNC(=O)c1cc[c-]nc1)C(=O)O.O=C=O.[Y]. The van der Waals surface area contributed by atoms with E-state index in [1.807, 2.05) is 0 Å². The molecule has 1 heterocycles. The Morgan fingerprint density at radius 3 is 2.26 bits per heavy atom. The fourth-order valence-corrected chi connectivity index (χ4v) is 2.14. The fourth-order valence-electron chi connectivity index (χ4n) is 2.14. The van der Waals surface area contributed by atoms with Gasteiger partial charge in [0.25, 0.3) is 0 Å². The summed E-state index contributed by atoms with van der Waals surface area (Å²) in [5.41, 5.74) is 0.415. The monoisotopic (exact) mass is 512 g/mol. The maximum Gasteiger partial charge on any atom is 0.373 e. The van der Waals surface area contributed by atoms with Crippen molar-refractivity contribution >= 4 is 30.0 Å². The average molecular weight is 512 g/mol. The second-order valence-electron chi connectivity index (χ2n) is 5.80. The average Bonchev–Trinajstić information content (AvgIpc) is 2.71. The predicted molar refractivity (Wildman–Crippen MR) is 99.1 cm³/mol. The summed E-state index contributed by atoms with van der Waals surface area (Å²) in [5, 5.41) is 25.1. The van der Waals surface area contributed by atoms with Crippen molar-refractivity contribution in [3.05, 3.63) is 30.1 Å². The molecule has 3 amide bonds. The molecule has 0 unspecified atom stereocenters. The molecule has 0 saturated carbocycles. The van der Waals surface area contributed by atoms with E-state index in [0.29, 0.717) is 24.9 Å². The van der Waals surface area contributed by atoms with Crippen LogP contribution < -0.4 is 16.0 Å². The van der Waals surface area contributed by atoms with E-state index in [9.17, 15) is 19.2 Å². The number of carboxylic acids is 2.